The molecule has 0 aliphatic carbocycles. The van der Waals surface area contributed by atoms with Crippen molar-refractivity contribution in [3.63, 3.8) is 0 Å². The summed E-state index contributed by atoms with van der Waals surface area (Å²) < 4.78 is 19.0. The van der Waals surface area contributed by atoms with Gasteiger partial charge in [-0.15, -0.1) is 11.8 Å². The smallest absolute Gasteiger partial charge is 0.332 e. The van der Waals surface area contributed by atoms with Crippen LogP contribution in [0.1, 0.15) is 12.8 Å². The van der Waals surface area contributed by atoms with Gasteiger partial charge in [0.05, 0.1) is 11.6 Å². The molecule has 25 heavy (non-hydrogen) atoms. The molecule has 2 amide bonds. The van der Waals surface area contributed by atoms with Gasteiger partial charge < -0.3 is 20.1 Å². The molecule has 2 aliphatic heterocycles. The molecule has 0 spiro atoms. The molecule has 0 saturated carbocycles. The van der Waals surface area contributed by atoms with E-state index < -0.39 is 41.9 Å². The molecule has 0 aromatic heterocycles. The quantitative estimate of drug-likeness (QED) is 0.832. The van der Waals surface area contributed by atoms with Crippen molar-refractivity contribution in [3.8, 4) is 0 Å². The lowest BCUT2D eigenvalue weighted by Gasteiger charge is -2.25. The summed E-state index contributed by atoms with van der Waals surface area (Å²) in [4.78, 5) is 37.4. The second kappa shape index (κ2) is 7.40. The molecule has 9 heteroatoms. The van der Waals surface area contributed by atoms with Gasteiger partial charge in [0.1, 0.15) is 18.0 Å². The van der Waals surface area contributed by atoms with Crippen LogP contribution in [0.4, 0.5) is 10.1 Å². The second-order valence-corrected chi connectivity index (χ2v) is 6.82. The Morgan fingerprint density at radius 1 is 1.24 bits per heavy atom. The third-order valence-corrected chi connectivity index (χ3v) is 5.18. The lowest BCUT2D eigenvalue weighted by molar-refractivity contribution is -0.155. The van der Waals surface area contributed by atoms with Gasteiger partial charge in [-0.2, -0.15) is 0 Å². The normalized spacial score (nSPS) is 25.8. The van der Waals surface area contributed by atoms with E-state index >= 15 is 0 Å². The van der Waals surface area contributed by atoms with E-state index in [9.17, 15) is 18.8 Å². The van der Waals surface area contributed by atoms with E-state index in [0.29, 0.717) is 18.1 Å². The van der Waals surface area contributed by atoms with E-state index in [4.69, 9.17) is 9.84 Å². The van der Waals surface area contributed by atoms with Gasteiger partial charge in [-0.25, -0.2) is 9.18 Å². The van der Waals surface area contributed by atoms with E-state index in [1.165, 1.54) is 34.9 Å². The minimum Gasteiger partial charge on any atom is -0.479 e. The van der Waals surface area contributed by atoms with Crippen LogP contribution in [0.25, 0.3) is 0 Å². The molecule has 2 saturated heterocycles. The fourth-order valence-corrected chi connectivity index (χ4v) is 4.00. The number of nitrogens with zero attached hydrogens (tertiary/aromatic N) is 1. The maximum absolute atomic E-state index is 13.7. The summed E-state index contributed by atoms with van der Waals surface area (Å²) in [5, 5.41) is 11.5. The molecule has 134 valence electrons. The maximum Gasteiger partial charge on any atom is 0.332 e. The minimum atomic E-state index is -1.10. The molecular formula is C16H17FN2O5S. The number of amides is 2. The van der Waals surface area contributed by atoms with Crippen LogP contribution in [-0.2, 0) is 19.1 Å². The SMILES string of the molecule is O=C(Nc1ccccc1F)C1CSCN1C(=O)[C@@H]1CC[C@H](C(=O)O)O1. The van der Waals surface area contributed by atoms with E-state index in [1.807, 2.05) is 0 Å². The number of carbonyl (C=O) groups is 3. The summed E-state index contributed by atoms with van der Waals surface area (Å²) in [6.45, 7) is 0. The minimum absolute atomic E-state index is 0.0554. The summed E-state index contributed by atoms with van der Waals surface area (Å²) in [6, 6.07) is 5.05. The molecule has 0 radical (unpaired) electrons. The van der Waals surface area contributed by atoms with Crippen molar-refractivity contribution in [3.05, 3.63) is 30.1 Å². The number of hydrogen-bond donors (Lipinski definition) is 2. The monoisotopic (exact) mass is 368 g/mol. The number of anilines is 1. The van der Waals surface area contributed by atoms with Crippen molar-refractivity contribution in [1.82, 2.24) is 4.90 Å². The summed E-state index contributed by atoms with van der Waals surface area (Å²) in [5.41, 5.74) is 0.0554. The number of ether oxygens (including phenoxy) is 1. The number of nitrogens with one attached hydrogen (secondary N) is 1. The Bertz CT molecular complexity index is 701. The zero-order valence-corrected chi connectivity index (χ0v) is 14.0. The number of carbonyl (C=O) groups excluding carboxylic acids is 2. The third kappa shape index (κ3) is 3.77. The molecule has 1 aromatic carbocycles. The topological polar surface area (TPSA) is 95.9 Å². The van der Waals surface area contributed by atoms with E-state index in [2.05, 4.69) is 5.32 Å². The fourth-order valence-electron chi connectivity index (χ4n) is 2.84. The molecule has 3 atom stereocenters. The van der Waals surface area contributed by atoms with Crippen LogP contribution in [0, 0.1) is 5.82 Å². The summed E-state index contributed by atoms with van der Waals surface area (Å²) in [5.74, 6) is -1.83. The Balaban J connectivity index is 1.66. The first kappa shape index (κ1) is 17.7. The Labute approximate surface area is 147 Å². The highest BCUT2D eigenvalue weighted by Gasteiger charge is 2.42. The number of carboxylic acids is 1. The van der Waals surface area contributed by atoms with Crippen molar-refractivity contribution in [2.75, 3.05) is 16.9 Å². The highest BCUT2D eigenvalue weighted by molar-refractivity contribution is 7.99. The predicted molar refractivity (Wildman–Crippen MR) is 88.5 cm³/mol. The number of thioether (sulfide) groups is 1. The molecule has 1 unspecified atom stereocenters. The predicted octanol–water partition coefficient (Wildman–Crippen LogP) is 1.30. The van der Waals surface area contributed by atoms with Gasteiger partial charge in [-0.3, -0.25) is 9.59 Å². The van der Waals surface area contributed by atoms with Crippen LogP contribution in [0.15, 0.2) is 24.3 Å². The van der Waals surface area contributed by atoms with Crippen molar-refractivity contribution in [1.29, 1.82) is 0 Å². The van der Waals surface area contributed by atoms with Crippen LogP contribution in [0.3, 0.4) is 0 Å². The Kier molecular flexibility index (Phi) is 5.24. The molecule has 3 rings (SSSR count). The van der Waals surface area contributed by atoms with Crippen molar-refractivity contribution >= 4 is 35.2 Å². The van der Waals surface area contributed by atoms with Crippen molar-refractivity contribution in [2.24, 2.45) is 0 Å². The number of halogens is 1. The summed E-state index contributed by atoms with van der Waals surface area (Å²) in [7, 11) is 0. The first-order chi connectivity index (χ1) is 12.0. The third-order valence-electron chi connectivity index (χ3n) is 4.17. The maximum atomic E-state index is 13.7. The van der Waals surface area contributed by atoms with E-state index in [1.54, 1.807) is 6.07 Å². The molecule has 1 aromatic rings. The first-order valence-electron chi connectivity index (χ1n) is 7.79. The van der Waals surface area contributed by atoms with Crippen LogP contribution in [0.2, 0.25) is 0 Å². The van der Waals surface area contributed by atoms with Gasteiger partial charge >= 0.3 is 5.97 Å². The van der Waals surface area contributed by atoms with E-state index in [0.717, 1.165) is 0 Å². The molecule has 2 N–H and O–H groups in total. The fraction of sp³-hybridized carbons (Fsp3) is 0.438. The van der Waals surface area contributed by atoms with Crippen molar-refractivity contribution in [2.45, 2.75) is 31.1 Å². The number of aliphatic carboxylic acids is 1. The average molecular weight is 368 g/mol. The van der Waals surface area contributed by atoms with Crippen LogP contribution in [-0.4, -0.2) is 57.7 Å². The van der Waals surface area contributed by atoms with E-state index in [-0.39, 0.29) is 12.1 Å². The van der Waals surface area contributed by atoms with Crippen LogP contribution >= 0.6 is 11.8 Å². The highest BCUT2D eigenvalue weighted by Crippen LogP contribution is 2.28. The zero-order valence-electron chi connectivity index (χ0n) is 13.2. The summed E-state index contributed by atoms with van der Waals surface area (Å²) >= 11 is 1.41. The molecule has 2 fully saturated rings. The van der Waals surface area contributed by atoms with Gasteiger partial charge in [0.25, 0.3) is 5.91 Å². The zero-order chi connectivity index (χ0) is 18.0. The van der Waals surface area contributed by atoms with Gasteiger partial charge in [-0.1, -0.05) is 12.1 Å². The Hall–Kier alpha value is -2.13. The summed E-state index contributed by atoms with van der Waals surface area (Å²) in [6.07, 6.45) is -1.28. The Morgan fingerprint density at radius 2 is 1.96 bits per heavy atom. The number of carboxylic acid groups (broad SMARTS) is 1. The highest BCUT2D eigenvalue weighted by atomic mass is 32.2. The Morgan fingerprint density at radius 3 is 2.64 bits per heavy atom. The number of benzene rings is 1. The lowest BCUT2D eigenvalue weighted by Crippen LogP contribution is -2.48. The largest absolute Gasteiger partial charge is 0.479 e. The van der Waals surface area contributed by atoms with Crippen molar-refractivity contribution < 1.29 is 28.6 Å². The van der Waals surface area contributed by atoms with Gasteiger partial charge in [0.2, 0.25) is 5.91 Å². The van der Waals surface area contributed by atoms with Gasteiger partial charge in [0, 0.05) is 5.75 Å². The molecular weight excluding hydrogens is 351 g/mol. The average Bonchev–Trinajstić information content (AvgIpc) is 3.26. The number of rotatable bonds is 4. The molecule has 7 nitrogen and oxygen atoms in total. The first-order valence-corrected chi connectivity index (χ1v) is 8.94. The lowest BCUT2D eigenvalue weighted by atomic mass is 10.1. The second-order valence-electron chi connectivity index (χ2n) is 5.82. The standard InChI is InChI=1S/C16H17FN2O5S/c17-9-3-1-2-4-10(9)18-14(20)11-7-25-8-19(11)15(21)12-5-6-13(24-12)16(22)23/h1-4,11-13H,5-8H2,(H,18,20)(H,22,23)/t11?,12-,13+/m0/s1. The molecule has 0 bridgehead atoms. The van der Waals surface area contributed by atoms with Crippen LogP contribution in [0.5, 0.6) is 0 Å². The van der Waals surface area contributed by atoms with Gasteiger partial charge in [0.15, 0.2) is 6.10 Å². The molecule has 2 aliphatic rings. The number of para-hydroxylation sites is 1. The molecule has 2 heterocycles. The van der Waals surface area contributed by atoms with Gasteiger partial charge in [-0.05, 0) is 25.0 Å². The number of hydrogen-bond acceptors (Lipinski definition) is 5. The van der Waals surface area contributed by atoms with Crippen LogP contribution < -0.4 is 5.32 Å².